The zero-order valence-electron chi connectivity index (χ0n) is 12.9. The molecule has 3 aromatic rings. The Morgan fingerprint density at radius 3 is 2.75 bits per heavy atom. The Bertz CT molecular complexity index is 914. The van der Waals surface area contributed by atoms with Crippen molar-refractivity contribution in [2.75, 3.05) is 6.61 Å². The van der Waals surface area contributed by atoms with Crippen LogP contribution in [0.5, 0.6) is 5.88 Å². The molecule has 0 atom stereocenters. The Morgan fingerprint density at radius 1 is 1.29 bits per heavy atom. The van der Waals surface area contributed by atoms with E-state index in [4.69, 9.17) is 16.3 Å². The molecule has 0 unspecified atom stereocenters. The standard InChI is InChI=1S/C18H15ClN2O3/c1-2-24-18(23)11-3-6-13(7-4-11)20-10-15-14-8-5-12(19)9-16(14)21-17(15)22/h3-10,21-22H,2H2,1H3. The maximum absolute atomic E-state index is 11.6. The molecule has 3 rings (SSSR count). The minimum Gasteiger partial charge on any atom is -0.494 e. The van der Waals surface area contributed by atoms with E-state index < -0.39 is 0 Å². The van der Waals surface area contributed by atoms with Gasteiger partial charge < -0.3 is 14.8 Å². The van der Waals surface area contributed by atoms with Gasteiger partial charge in [-0.2, -0.15) is 0 Å². The number of carbonyl (C=O) groups excluding carboxylic acids is 1. The number of aromatic nitrogens is 1. The van der Waals surface area contributed by atoms with E-state index >= 15 is 0 Å². The van der Waals surface area contributed by atoms with Crippen LogP contribution < -0.4 is 0 Å². The topological polar surface area (TPSA) is 74.7 Å². The number of benzene rings is 2. The summed E-state index contributed by atoms with van der Waals surface area (Å²) < 4.78 is 4.93. The number of halogens is 1. The molecular weight excluding hydrogens is 328 g/mol. The lowest BCUT2D eigenvalue weighted by atomic mass is 10.2. The zero-order chi connectivity index (χ0) is 17.1. The van der Waals surface area contributed by atoms with Crippen LogP contribution in [0, 0.1) is 0 Å². The quantitative estimate of drug-likeness (QED) is 0.543. The largest absolute Gasteiger partial charge is 0.494 e. The zero-order valence-corrected chi connectivity index (χ0v) is 13.7. The van der Waals surface area contributed by atoms with Gasteiger partial charge in [-0.25, -0.2) is 4.79 Å². The SMILES string of the molecule is CCOC(=O)c1ccc(N=Cc2c(O)[nH]c3cc(Cl)ccc23)cc1. The summed E-state index contributed by atoms with van der Waals surface area (Å²) in [5.74, 6) is -0.335. The van der Waals surface area contributed by atoms with E-state index in [2.05, 4.69) is 9.98 Å². The Morgan fingerprint density at radius 2 is 2.04 bits per heavy atom. The summed E-state index contributed by atoms with van der Waals surface area (Å²) in [5, 5.41) is 11.4. The molecule has 2 N–H and O–H groups in total. The van der Waals surface area contributed by atoms with E-state index in [1.165, 1.54) is 0 Å². The number of nitrogens with zero attached hydrogens (tertiary/aromatic N) is 1. The summed E-state index contributed by atoms with van der Waals surface area (Å²) in [4.78, 5) is 18.8. The molecule has 0 aliphatic carbocycles. The lowest BCUT2D eigenvalue weighted by Crippen LogP contribution is -2.03. The van der Waals surface area contributed by atoms with Crippen molar-refractivity contribution in [1.82, 2.24) is 4.98 Å². The second-order valence-corrected chi connectivity index (χ2v) is 5.54. The first-order valence-electron chi connectivity index (χ1n) is 7.40. The smallest absolute Gasteiger partial charge is 0.338 e. The third kappa shape index (κ3) is 3.26. The minimum atomic E-state index is -0.362. The Hall–Kier alpha value is -2.79. The fraction of sp³-hybridized carbons (Fsp3) is 0.111. The highest BCUT2D eigenvalue weighted by molar-refractivity contribution is 6.31. The van der Waals surface area contributed by atoms with Gasteiger partial charge in [-0.3, -0.25) is 4.99 Å². The van der Waals surface area contributed by atoms with Gasteiger partial charge in [0.1, 0.15) is 0 Å². The van der Waals surface area contributed by atoms with Crippen molar-refractivity contribution in [2.45, 2.75) is 6.92 Å². The van der Waals surface area contributed by atoms with Crippen LogP contribution in [0.15, 0.2) is 47.5 Å². The monoisotopic (exact) mass is 342 g/mol. The molecule has 0 saturated heterocycles. The number of esters is 1. The van der Waals surface area contributed by atoms with Crippen molar-refractivity contribution in [3.05, 3.63) is 58.6 Å². The molecule has 0 spiro atoms. The van der Waals surface area contributed by atoms with E-state index in [0.29, 0.717) is 28.4 Å². The molecule has 6 heteroatoms. The van der Waals surface area contributed by atoms with Crippen LogP contribution in [-0.4, -0.2) is 28.9 Å². The van der Waals surface area contributed by atoms with Crippen molar-refractivity contribution < 1.29 is 14.6 Å². The number of rotatable bonds is 4. The Labute approximate surface area is 143 Å². The van der Waals surface area contributed by atoms with Gasteiger partial charge in [-0.15, -0.1) is 0 Å². The molecule has 122 valence electrons. The maximum atomic E-state index is 11.6. The molecule has 0 fully saturated rings. The van der Waals surface area contributed by atoms with E-state index in [9.17, 15) is 9.90 Å². The average molecular weight is 343 g/mol. The number of aliphatic imine (C=N–C) groups is 1. The highest BCUT2D eigenvalue weighted by Gasteiger charge is 2.09. The number of H-pyrrole nitrogens is 1. The molecule has 24 heavy (non-hydrogen) atoms. The molecule has 0 aliphatic rings. The summed E-state index contributed by atoms with van der Waals surface area (Å²) in [6.07, 6.45) is 1.57. The number of aromatic hydroxyl groups is 1. The molecule has 0 aliphatic heterocycles. The molecule has 0 amide bonds. The van der Waals surface area contributed by atoms with Gasteiger partial charge in [0.2, 0.25) is 0 Å². The van der Waals surface area contributed by atoms with Crippen molar-refractivity contribution in [1.29, 1.82) is 0 Å². The summed E-state index contributed by atoms with van der Waals surface area (Å²) in [5.41, 5.74) is 2.45. The third-order valence-electron chi connectivity index (χ3n) is 3.50. The maximum Gasteiger partial charge on any atom is 0.338 e. The van der Waals surface area contributed by atoms with Gasteiger partial charge in [0.15, 0.2) is 5.88 Å². The normalized spacial score (nSPS) is 11.2. The summed E-state index contributed by atoms with van der Waals surface area (Å²) in [6, 6.07) is 12.0. The summed E-state index contributed by atoms with van der Waals surface area (Å²) >= 11 is 5.94. The van der Waals surface area contributed by atoms with Crippen LogP contribution in [0.2, 0.25) is 5.02 Å². The van der Waals surface area contributed by atoms with E-state index in [1.807, 2.05) is 6.07 Å². The number of nitrogens with one attached hydrogen (secondary N) is 1. The molecule has 5 nitrogen and oxygen atoms in total. The molecule has 0 bridgehead atoms. The average Bonchev–Trinajstić information content (AvgIpc) is 2.88. The van der Waals surface area contributed by atoms with Gasteiger partial charge in [0.25, 0.3) is 0 Å². The van der Waals surface area contributed by atoms with Gasteiger partial charge in [0, 0.05) is 16.6 Å². The van der Waals surface area contributed by atoms with Gasteiger partial charge in [-0.1, -0.05) is 17.7 Å². The second-order valence-electron chi connectivity index (χ2n) is 5.10. The van der Waals surface area contributed by atoms with Crippen molar-refractivity contribution in [3.63, 3.8) is 0 Å². The van der Waals surface area contributed by atoms with Crippen LogP contribution in [0.4, 0.5) is 5.69 Å². The fourth-order valence-electron chi connectivity index (χ4n) is 2.34. The van der Waals surface area contributed by atoms with Crippen LogP contribution in [0.3, 0.4) is 0 Å². The fourth-order valence-corrected chi connectivity index (χ4v) is 2.52. The second kappa shape index (κ2) is 6.76. The van der Waals surface area contributed by atoms with Gasteiger partial charge in [0.05, 0.1) is 28.9 Å². The molecule has 2 aromatic carbocycles. The van der Waals surface area contributed by atoms with Gasteiger partial charge in [-0.05, 0) is 43.3 Å². The van der Waals surface area contributed by atoms with E-state index in [1.54, 1.807) is 49.5 Å². The number of hydrogen-bond donors (Lipinski definition) is 2. The number of hydrogen-bond acceptors (Lipinski definition) is 4. The highest BCUT2D eigenvalue weighted by atomic mass is 35.5. The van der Waals surface area contributed by atoms with E-state index in [0.717, 1.165) is 10.9 Å². The summed E-state index contributed by atoms with van der Waals surface area (Å²) in [6.45, 7) is 2.10. The number of carbonyl (C=O) groups is 1. The lowest BCUT2D eigenvalue weighted by Gasteiger charge is -2.01. The first kappa shape index (κ1) is 16.1. The first-order chi connectivity index (χ1) is 11.6. The molecular formula is C18H15ClN2O3. The number of fused-ring (bicyclic) bond motifs is 1. The Balaban J connectivity index is 1.86. The lowest BCUT2D eigenvalue weighted by molar-refractivity contribution is 0.0526. The number of ether oxygens (including phenoxy) is 1. The van der Waals surface area contributed by atoms with Crippen molar-refractivity contribution >= 4 is 40.4 Å². The first-order valence-corrected chi connectivity index (χ1v) is 7.77. The number of aromatic amines is 1. The van der Waals surface area contributed by atoms with Crippen LogP contribution in [0.1, 0.15) is 22.8 Å². The van der Waals surface area contributed by atoms with Crippen LogP contribution in [0.25, 0.3) is 10.9 Å². The van der Waals surface area contributed by atoms with Crippen molar-refractivity contribution in [3.8, 4) is 5.88 Å². The predicted octanol–water partition coefficient (Wildman–Crippen LogP) is 4.45. The summed E-state index contributed by atoms with van der Waals surface area (Å²) in [7, 11) is 0. The molecule has 0 saturated carbocycles. The van der Waals surface area contributed by atoms with E-state index in [-0.39, 0.29) is 11.8 Å². The van der Waals surface area contributed by atoms with Gasteiger partial charge >= 0.3 is 5.97 Å². The molecule has 1 heterocycles. The van der Waals surface area contributed by atoms with Crippen LogP contribution >= 0.6 is 11.6 Å². The third-order valence-corrected chi connectivity index (χ3v) is 3.74. The van der Waals surface area contributed by atoms with Crippen LogP contribution in [-0.2, 0) is 4.74 Å². The molecule has 0 radical (unpaired) electrons. The van der Waals surface area contributed by atoms with Crippen molar-refractivity contribution in [2.24, 2.45) is 4.99 Å². The molecule has 1 aromatic heterocycles. The predicted molar refractivity (Wildman–Crippen MR) is 94.6 cm³/mol. The Kier molecular flexibility index (Phi) is 4.53. The highest BCUT2D eigenvalue weighted by Crippen LogP contribution is 2.28. The minimum absolute atomic E-state index is 0.0270.